The summed E-state index contributed by atoms with van der Waals surface area (Å²) in [6, 6.07) is 8.22. The maximum Gasteiger partial charge on any atom is 0.407 e. The molecule has 24 heavy (non-hydrogen) atoms. The van der Waals surface area contributed by atoms with Crippen molar-refractivity contribution in [1.29, 1.82) is 0 Å². The number of amides is 1. The molecule has 4 nitrogen and oxygen atoms in total. The van der Waals surface area contributed by atoms with Crippen LogP contribution in [0.1, 0.15) is 28.3 Å². The predicted octanol–water partition coefficient (Wildman–Crippen LogP) is 2.87. The van der Waals surface area contributed by atoms with Gasteiger partial charge in [-0.25, -0.2) is 9.18 Å². The molecule has 120 valence electrons. The summed E-state index contributed by atoms with van der Waals surface area (Å²) in [7, 11) is 0. The molecular weight excluding hydrogens is 307 g/mol. The molecule has 0 saturated carbocycles. The number of benzene rings is 1. The standard InChI is InChI=1S/C19H15FN2O2/c20-16-3-1-2-12(7-16)4-5-13-6-14-8-15-10-22(19(23)24)11-17(15)18(14)21-9-13/h1-3,6-7,9,15,17H,8,10-11H2,(H,23,24). The van der Waals surface area contributed by atoms with Crippen LogP contribution in [0.2, 0.25) is 0 Å². The van der Waals surface area contributed by atoms with E-state index in [1.165, 1.54) is 17.0 Å². The van der Waals surface area contributed by atoms with Crippen molar-refractivity contribution in [1.82, 2.24) is 9.88 Å². The van der Waals surface area contributed by atoms with Crippen molar-refractivity contribution in [3.63, 3.8) is 0 Å². The number of fused-ring (bicyclic) bond motifs is 3. The first-order valence-corrected chi connectivity index (χ1v) is 7.84. The van der Waals surface area contributed by atoms with Crippen LogP contribution >= 0.6 is 0 Å². The van der Waals surface area contributed by atoms with E-state index in [-0.39, 0.29) is 11.7 Å². The molecule has 1 aliphatic carbocycles. The highest BCUT2D eigenvalue weighted by atomic mass is 19.1. The molecule has 1 N–H and O–H groups in total. The molecule has 1 aromatic heterocycles. The molecule has 0 bridgehead atoms. The minimum Gasteiger partial charge on any atom is -0.465 e. The number of rotatable bonds is 0. The summed E-state index contributed by atoms with van der Waals surface area (Å²) in [4.78, 5) is 17.1. The van der Waals surface area contributed by atoms with Gasteiger partial charge in [-0.3, -0.25) is 4.98 Å². The second-order valence-corrected chi connectivity index (χ2v) is 6.29. The Morgan fingerprint density at radius 1 is 1.25 bits per heavy atom. The molecule has 1 amide bonds. The van der Waals surface area contributed by atoms with Gasteiger partial charge in [-0.2, -0.15) is 0 Å². The quantitative estimate of drug-likeness (QED) is 0.759. The van der Waals surface area contributed by atoms with Gasteiger partial charge >= 0.3 is 6.09 Å². The van der Waals surface area contributed by atoms with Gasteiger partial charge in [0.25, 0.3) is 0 Å². The minimum atomic E-state index is -0.858. The van der Waals surface area contributed by atoms with E-state index in [1.54, 1.807) is 18.3 Å². The van der Waals surface area contributed by atoms with Crippen molar-refractivity contribution >= 4 is 6.09 Å². The fraction of sp³-hybridized carbons (Fsp3) is 0.263. The third kappa shape index (κ3) is 2.61. The molecule has 0 spiro atoms. The average Bonchev–Trinajstić information content (AvgIpc) is 3.10. The maximum absolute atomic E-state index is 13.2. The summed E-state index contributed by atoms with van der Waals surface area (Å²) < 4.78 is 13.2. The smallest absolute Gasteiger partial charge is 0.407 e. The SMILES string of the molecule is O=C(O)N1CC2Cc3cc(C#Cc4cccc(F)c4)cnc3C2C1. The van der Waals surface area contributed by atoms with Crippen LogP contribution in [-0.2, 0) is 6.42 Å². The van der Waals surface area contributed by atoms with Gasteiger partial charge in [0.2, 0.25) is 0 Å². The lowest BCUT2D eigenvalue weighted by molar-refractivity contribution is 0.153. The zero-order valence-electron chi connectivity index (χ0n) is 12.9. The molecule has 1 fully saturated rings. The van der Waals surface area contributed by atoms with Gasteiger partial charge < -0.3 is 10.0 Å². The number of likely N-dealkylation sites (tertiary alicyclic amines) is 1. The molecule has 1 saturated heterocycles. The van der Waals surface area contributed by atoms with E-state index < -0.39 is 6.09 Å². The zero-order chi connectivity index (χ0) is 16.7. The number of hydrogen-bond donors (Lipinski definition) is 1. The Morgan fingerprint density at radius 2 is 2.08 bits per heavy atom. The van der Waals surface area contributed by atoms with Crippen LogP contribution in [0.15, 0.2) is 36.5 Å². The highest BCUT2D eigenvalue weighted by molar-refractivity contribution is 5.66. The molecule has 2 atom stereocenters. The first kappa shape index (κ1) is 14.7. The van der Waals surface area contributed by atoms with E-state index in [9.17, 15) is 9.18 Å². The molecule has 1 aliphatic heterocycles. The van der Waals surface area contributed by atoms with Gasteiger partial charge in [-0.1, -0.05) is 17.9 Å². The molecule has 0 radical (unpaired) electrons. The van der Waals surface area contributed by atoms with Crippen molar-refractivity contribution in [2.24, 2.45) is 5.92 Å². The highest BCUT2D eigenvalue weighted by Gasteiger charge is 2.42. The highest BCUT2D eigenvalue weighted by Crippen LogP contribution is 2.41. The van der Waals surface area contributed by atoms with Crippen molar-refractivity contribution in [2.45, 2.75) is 12.3 Å². The molecule has 1 aromatic carbocycles. The summed E-state index contributed by atoms with van der Waals surface area (Å²) in [5.41, 5.74) is 3.58. The lowest BCUT2D eigenvalue weighted by Crippen LogP contribution is -2.27. The number of hydrogen-bond acceptors (Lipinski definition) is 2. The first-order valence-electron chi connectivity index (χ1n) is 7.84. The summed E-state index contributed by atoms with van der Waals surface area (Å²) in [5, 5.41) is 9.12. The Labute approximate surface area is 138 Å². The number of pyridine rings is 1. The molecule has 4 rings (SSSR count). The van der Waals surface area contributed by atoms with Gasteiger partial charge in [0.15, 0.2) is 0 Å². The minimum absolute atomic E-state index is 0.196. The van der Waals surface area contributed by atoms with Crippen molar-refractivity contribution in [3.05, 3.63) is 64.7 Å². The Morgan fingerprint density at radius 3 is 2.88 bits per heavy atom. The van der Waals surface area contributed by atoms with Crippen molar-refractivity contribution in [3.8, 4) is 11.8 Å². The monoisotopic (exact) mass is 322 g/mol. The molecule has 2 unspecified atom stereocenters. The van der Waals surface area contributed by atoms with E-state index in [0.29, 0.717) is 24.6 Å². The number of carbonyl (C=O) groups is 1. The Bertz CT molecular complexity index is 884. The number of carboxylic acid groups (broad SMARTS) is 1. The van der Waals surface area contributed by atoms with Crippen molar-refractivity contribution < 1.29 is 14.3 Å². The predicted molar refractivity (Wildman–Crippen MR) is 86.1 cm³/mol. The van der Waals surface area contributed by atoms with E-state index >= 15 is 0 Å². The van der Waals surface area contributed by atoms with Gasteiger partial charge in [-0.15, -0.1) is 0 Å². The first-order chi connectivity index (χ1) is 11.6. The Hall–Kier alpha value is -2.87. The number of nitrogens with zero attached hydrogens (tertiary/aromatic N) is 2. The van der Waals surface area contributed by atoms with E-state index in [0.717, 1.165) is 23.2 Å². The normalized spacial score (nSPS) is 21.0. The van der Waals surface area contributed by atoms with E-state index in [1.807, 2.05) is 6.07 Å². The lowest BCUT2D eigenvalue weighted by atomic mass is 9.99. The molecule has 2 heterocycles. The molecule has 2 aliphatic rings. The number of aromatic nitrogens is 1. The van der Waals surface area contributed by atoms with E-state index in [4.69, 9.17) is 5.11 Å². The third-order valence-electron chi connectivity index (χ3n) is 4.72. The van der Waals surface area contributed by atoms with Crippen LogP contribution in [0.4, 0.5) is 9.18 Å². The molecule has 5 heteroatoms. The maximum atomic E-state index is 13.2. The largest absolute Gasteiger partial charge is 0.465 e. The van der Waals surface area contributed by atoms with E-state index in [2.05, 4.69) is 16.8 Å². The third-order valence-corrected chi connectivity index (χ3v) is 4.72. The summed E-state index contributed by atoms with van der Waals surface area (Å²) in [5.74, 6) is 6.19. The summed E-state index contributed by atoms with van der Waals surface area (Å²) >= 11 is 0. The topological polar surface area (TPSA) is 53.4 Å². The van der Waals surface area contributed by atoms with Crippen LogP contribution in [-0.4, -0.2) is 34.2 Å². The second-order valence-electron chi connectivity index (χ2n) is 6.29. The van der Waals surface area contributed by atoms with Crippen molar-refractivity contribution in [2.75, 3.05) is 13.1 Å². The fourth-order valence-electron chi connectivity index (χ4n) is 3.62. The lowest BCUT2D eigenvalue weighted by Gasteiger charge is -2.12. The van der Waals surface area contributed by atoms with Gasteiger partial charge in [0, 0.05) is 42.0 Å². The van der Waals surface area contributed by atoms with Crippen LogP contribution in [0.25, 0.3) is 0 Å². The summed E-state index contributed by atoms with van der Waals surface area (Å²) in [6.07, 6.45) is 1.70. The number of halogens is 1. The van der Waals surface area contributed by atoms with Gasteiger partial charge in [-0.05, 0) is 42.2 Å². The van der Waals surface area contributed by atoms with Gasteiger partial charge in [0.1, 0.15) is 5.82 Å². The van der Waals surface area contributed by atoms with Crippen LogP contribution in [0.5, 0.6) is 0 Å². The summed E-state index contributed by atoms with van der Waals surface area (Å²) in [6.45, 7) is 1.09. The van der Waals surface area contributed by atoms with Crippen LogP contribution in [0.3, 0.4) is 0 Å². The molecule has 2 aromatic rings. The second kappa shape index (κ2) is 5.64. The Kier molecular flexibility index (Phi) is 3.46. The zero-order valence-corrected chi connectivity index (χ0v) is 12.9. The molecular formula is C19H15FN2O2. The fourth-order valence-corrected chi connectivity index (χ4v) is 3.62. The van der Waals surface area contributed by atoms with Crippen LogP contribution in [0, 0.1) is 23.6 Å². The average molecular weight is 322 g/mol. The van der Waals surface area contributed by atoms with Crippen LogP contribution < -0.4 is 0 Å². The van der Waals surface area contributed by atoms with Gasteiger partial charge in [0.05, 0.1) is 0 Å². The Balaban J connectivity index is 1.57.